The molecule has 0 radical (unpaired) electrons. The van der Waals surface area contributed by atoms with Crippen molar-refractivity contribution >= 4 is 5.91 Å². The lowest BCUT2D eigenvalue weighted by atomic mass is 9.99. The number of carbonyl (C=O) groups excluding carboxylic acids is 1. The van der Waals surface area contributed by atoms with Crippen molar-refractivity contribution in [3.8, 4) is 11.4 Å². The zero-order valence-corrected chi connectivity index (χ0v) is 14.5. The summed E-state index contributed by atoms with van der Waals surface area (Å²) >= 11 is 0. The summed E-state index contributed by atoms with van der Waals surface area (Å²) in [6.45, 7) is 4.80. The molecule has 0 spiro atoms. The first-order valence-electron chi connectivity index (χ1n) is 8.57. The van der Waals surface area contributed by atoms with Gasteiger partial charge in [0, 0.05) is 41.3 Å². The Morgan fingerprint density at radius 2 is 2.12 bits per heavy atom. The topological polar surface area (TPSA) is 99.8 Å². The number of aryl methyl sites for hydroxylation is 1. The van der Waals surface area contributed by atoms with E-state index in [4.69, 9.17) is 0 Å². The Bertz CT molecular complexity index is 803. The third-order valence-corrected chi connectivity index (χ3v) is 4.62. The maximum atomic E-state index is 12.4. The van der Waals surface area contributed by atoms with Gasteiger partial charge < -0.3 is 15.6 Å². The zero-order chi connectivity index (χ0) is 17.8. The van der Waals surface area contributed by atoms with E-state index in [9.17, 15) is 9.59 Å². The molecular formula is C18H23N5O2. The van der Waals surface area contributed by atoms with Crippen LogP contribution in [0.5, 0.6) is 0 Å². The second kappa shape index (κ2) is 7.57. The second-order valence-corrected chi connectivity index (χ2v) is 6.45. The average Bonchev–Trinajstić information content (AvgIpc) is 2.61. The number of aromatic amines is 1. The normalized spacial score (nSPS) is 20.2. The van der Waals surface area contributed by atoms with Crippen LogP contribution in [0, 0.1) is 6.92 Å². The summed E-state index contributed by atoms with van der Waals surface area (Å²) in [5.41, 5.74) is 1.49. The molecule has 2 unspecified atom stereocenters. The van der Waals surface area contributed by atoms with Crippen LogP contribution in [0.3, 0.4) is 0 Å². The van der Waals surface area contributed by atoms with Crippen molar-refractivity contribution in [2.75, 3.05) is 6.54 Å². The number of piperidine rings is 1. The van der Waals surface area contributed by atoms with Gasteiger partial charge in [0.25, 0.3) is 5.56 Å². The minimum atomic E-state index is -0.274. The molecule has 2 aromatic rings. The van der Waals surface area contributed by atoms with E-state index in [1.807, 2.05) is 0 Å². The average molecular weight is 341 g/mol. The number of rotatable bonds is 4. The van der Waals surface area contributed by atoms with E-state index in [2.05, 4.69) is 32.5 Å². The van der Waals surface area contributed by atoms with Gasteiger partial charge in [-0.1, -0.05) is 0 Å². The molecular weight excluding hydrogens is 318 g/mol. The first kappa shape index (κ1) is 17.3. The summed E-state index contributed by atoms with van der Waals surface area (Å²) in [4.78, 5) is 35.9. The molecule has 0 bridgehead atoms. The van der Waals surface area contributed by atoms with Crippen LogP contribution in [0.25, 0.3) is 11.4 Å². The SMILES string of the molecule is Cc1nc(-c2ccncc2)[nH]c(=O)c1CC(=O)NC1CCCNC1C. The lowest BCUT2D eigenvalue weighted by Crippen LogP contribution is -2.52. The molecule has 1 amide bonds. The number of nitrogens with zero attached hydrogens (tertiary/aromatic N) is 2. The summed E-state index contributed by atoms with van der Waals surface area (Å²) in [6, 6.07) is 3.90. The Kier molecular flexibility index (Phi) is 5.23. The summed E-state index contributed by atoms with van der Waals surface area (Å²) in [5, 5.41) is 6.38. The van der Waals surface area contributed by atoms with Crippen molar-refractivity contribution in [3.63, 3.8) is 0 Å². The number of aromatic nitrogens is 3. The van der Waals surface area contributed by atoms with E-state index in [1.54, 1.807) is 31.5 Å². The molecule has 1 fully saturated rings. The minimum Gasteiger partial charge on any atom is -0.352 e. The molecule has 3 heterocycles. The lowest BCUT2D eigenvalue weighted by Gasteiger charge is -2.30. The summed E-state index contributed by atoms with van der Waals surface area (Å²) in [5.74, 6) is 0.340. The highest BCUT2D eigenvalue weighted by Crippen LogP contribution is 2.13. The van der Waals surface area contributed by atoms with E-state index < -0.39 is 0 Å². The van der Waals surface area contributed by atoms with Gasteiger partial charge in [0.2, 0.25) is 5.91 Å². The van der Waals surface area contributed by atoms with Crippen molar-refractivity contribution < 1.29 is 4.79 Å². The molecule has 0 aromatic carbocycles. The molecule has 1 aliphatic heterocycles. The number of hydrogen-bond donors (Lipinski definition) is 3. The second-order valence-electron chi connectivity index (χ2n) is 6.45. The highest BCUT2D eigenvalue weighted by molar-refractivity contribution is 5.79. The van der Waals surface area contributed by atoms with E-state index in [1.165, 1.54) is 0 Å². The van der Waals surface area contributed by atoms with E-state index in [0.717, 1.165) is 24.9 Å². The largest absolute Gasteiger partial charge is 0.352 e. The molecule has 7 heteroatoms. The molecule has 0 saturated carbocycles. The molecule has 25 heavy (non-hydrogen) atoms. The van der Waals surface area contributed by atoms with E-state index >= 15 is 0 Å². The van der Waals surface area contributed by atoms with Crippen molar-refractivity contribution in [1.82, 2.24) is 25.6 Å². The van der Waals surface area contributed by atoms with Crippen molar-refractivity contribution in [3.05, 3.63) is 46.1 Å². The Morgan fingerprint density at radius 3 is 2.80 bits per heavy atom. The monoisotopic (exact) mass is 341 g/mol. The smallest absolute Gasteiger partial charge is 0.255 e. The van der Waals surface area contributed by atoms with Gasteiger partial charge >= 0.3 is 0 Å². The summed E-state index contributed by atoms with van der Waals surface area (Å²) in [7, 11) is 0. The van der Waals surface area contributed by atoms with Crippen LogP contribution in [-0.2, 0) is 11.2 Å². The molecule has 2 aromatic heterocycles. The van der Waals surface area contributed by atoms with Gasteiger partial charge in [-0.3, -0.25) is 14.6 Å². The molecule has 132 valence electrons. The summed E-state index contributed by atoms with van der Waals surface area (Å²) < 4.78 is 0. The molecule has 0 aliphatic carbocycles. The Labute approximate surface area is 146 Å². The Balaban J connectivity index is 1.74. The van der Waals surface area contributed by atoms with Gasteiger partial charge in [0.1, 0.15) is 5.82 Å². The van der Waals surface area contributed by atoms with E-state index in [0.29, 0.717) is 17.1 Å². The van der Waals surface area contributed by atoms with Crippen LogP contribution in [0.1, 0.15) is 31.0 Å². The zero-order valence-electron chi connectivity index (χ0n) is 14.5. The quantitative estimate of drug-likeness (QED) is 0.768. The number of hydrogen-bond acceptors (Lipinski definition) is 5. The van der Waals surface area contributed by atoms with Gasteiger partial charge in [0.05, 0.1) is 6.42 Å². The van der Waals surface area contributed by atoms with Crippen LogP contribution in [0.2, 0.25) is 0 Å². The Morgan fingerprint density at radius 1 is 1.36 bits per heavy atom. The van der Waals surface area contributed by atoms with Crippen LogP contribution in [-0.4, -0.2) is 39.5 Å². The lowest BCUT2D eigenvalue weighted by molar-refractivity contribution is -0.121. The van der Waals surface area contributed by atoms with Crippen LogP contribution in [0.15, 0.2) is 29.3 Å². The molecule has 1 aliphatic rings. The maximum absolute atomic E-state index is 12.4. The minimum absolute atomic E-state index is 0.0357. The third-order valence-electron chi connectivity index (χ3n) is 4.62. The van der Waals surface area contributed by atoms with E-state index in [-0.39, 0.29) is 30.0 Å². The number of pyridine rings is 1. The highest BCUT2D eigenvalue weighted by atomic mass is 16.2. The van der Waals surface area contributed by atoms with Gasteiger partial charge in [-0.25, -0.2) is 4.98 Å². The maximum Gasteiger partial charge on any atom is 0.255 e. The molecule has 3 N–H and O–H groups in total. The van der Waals surface area contributed by atoms with Gasteiger partial charge in [-0.05, 0) is 45.4 Å². The fraction of sp³-hybridized carbons (Fsp3) is 0.444. The fourth-order valence-corrected chi connectivity index (χ4v) is 3.12. The molecule has 1 saturated heterocycles. The standard InChI is InChI=1S/C18H23N5O2/c1-11-14(10-16(24)22-15-4-3-7-20-12(15)2)18(25)23-17(21-11)13-5-8-19-9-6-13/h5-6,8-9,12,15,20H,3-4,7,10H2,1-2H3,(H,22,24)(H,21,23,25). The van der Waals surface area contributed by atoms with Crippen LogP contribution in [0.4, 0.5) is 0 Å². The number of H-pyrrole nitrogens is 1. The van der Waals surface area contributed by atoms with Crippen molar-refractivity contribution in [2.45, 2.75) is 45.2 Å². The van der Waals surface area contributed by atoms with Gasteiger partial charge in [-0.15, -0.1) is 0 Å². The van der Waals surface area contributed by atoms with Gasteiger partial charge in [0.15, 0.2) is 0 Å². The van der Waals surface area contributed by atoms with Gasteiger partial charge in [-0.2, -0.15) is 0 Å². The van der Waals surface area contributed by atoms with Crippen LogP contribution >= 0.6 is 0 Å². The molecule has 7 nitrogen and oxygen atoms in total. The first-order chi connectivity index (χ1) is 12.0. The molecule has 2 atom stereocenters. The summed E-state index contributed by atoms with van der Waals surface area (Å²) in [6.07, 6.45) is 5.32. The number of carbonyl (C=O) groups is 1. The van der Waals surface area contributed by atoms with Crippen molar-refractivity contribution in [1.29, 1.82) is 0 Å². The molecule has 3 rings (SSSR count). The highest BCUT2D eigenvalue weighted by Gasteiger charge is 2.23. The third kappa shape index (κ3) is 4.11. The Hall–Kier alpha value is -2.54. The fourth-order valence-electron chi connectivity index (χ4n) is 3.12. The number of nitrogens with one attached hydrogen (secondary N) is 3. The number of amides is 1. The predicted molar refractivity (Wildman–Crippen MR) is 95.2 cm³/mol. The van der Waals surface area contributed by atoms with Crippen molar-refractivity contribution in [2.24, 2.45) is 0 Å². The first-order valence-corrected chi connectivity index (χ1v) is 8.57. The predicted octanol–water partition coefficient (Wildman–Crippen LogP) is 0.940. The van der Waals surface area contributed by atoms with Crippen LogP contribution < -0.4 is 16.2 Å².